The van der Waals surface area contributed by atoms with Gasteiger partial charge in [-0.05, 0) is 0 Å². The molecule has 0 bridgehead atoms. The molecule has 0 atom stereocenters. The minimum Gasteiger partial charge on any atom is -0.392 e. The average Bonchev–Trinajstić information content (AvgIpc) is 2.27. The Bertz CT molecular complexity index is 192. The normalized spacial score (nSPS) is 11.5. The van der Waals surface area contributed by atoms with Crippen LogP contribution < -0.4 is 0 Å². The quantitative estimate of drug-likeness (QED) is 0.212. The van der Waals surface area contributed by atoms with Crippen LogP contribution in [0.3, 0.4) is 0 Å². The number of aliphatic hydroxyl groups is 3. The van der Waals surface area contributed by atoms with E-state index in [9.17, 15) is 0 Å². The molecule has 0 radical (unpaired) electrons. The summed E-state index contributed by atoms with van der Waals surface area (Å²) in [6, 6.07) is 0. The molecular weight excluding hydrogens is 518 g/mol. The second-order valence-electron chi connectivity index (χ2n) is 2.59. The van der Waals surface area contributed by atoms with E-state index < -0.39 is 39.8 Å². The number of halogens is 9. The Hall–Kier alpha value is 2.80. The SMILES string of the molecule is OCC(Cl)(Cl)Cl.OCC(Cl)(Cl)Cl.OCC(Cl)(Cl)Cl.OP(O)O. The van der Waals surface area contributed by atoms with Crippen molar-refractivity contribution < 1.29 is 30.0 Å². The summed E-state index contributed by atoms with van der Waals surface area (Å²) in [6.07, 6.45) is 0. The zero-order valence-electron chi connectivity index (χ0n) is 10.2. The number of alkyl halides is 9. The molecule has 0 aromatic heterocycles. The Kier molecular flexibility index (Phi) is 25.4. The topological polar surface area (TPSA) is 121 Å². The van der Waals surface area contributed by atoms with Crippen molar-refractivity contribution in [2.75, 3.05) is 19.8 Å². The minimum absolute atomic E-state index is 0.433. The lowest BCUT2D eigenvalue weighted by atomic mass is 10.9. The van der Waals surface area contributed by atoms with Crippen LogP contribution in [0.1, 0.15) is 0 Å². The van der Waals surface area contributed by atoms with Crippen molar-refractivity contribution in [3.05, 3.63) is 0 Å². The Balaban J connectivity index is -0.0000000994. The first-order valence-electron chi connectivity index (χ1n) is 4.31. The first-order chi connectivity index (χ1) is 9.41. The van der Waals surface area contributed by atoms with Crippen LogP contribution in [0.5, 0.6) is 0 Å². The first-order valence-corrected chi connectivity index (χ1v) is 8.91. The molecule has 22 heavy (non-hydrogen) atoms. The fraction of sp³-hybridized carbons (Fsp3) is 1.00. The molecule has 0 aliphatic heterocycles. The van der Waals surface area contributed by atoms with Gasteiger partial charge in [0.15, 0.2) is 0 Å². The number of hydrogen-bond donors (Lipinski definition) is 6. The fourth-order valence-corrected chi connectivity index (χ4v) is 0. The number of hydrogen-bond acceptors (Lipinski definition) is 6. The second-order valence-corrected chi connectivity index (χ2v) is 10.7. The largest absolute Gasteiger partial charge is 0.392 e. The lowest BCUT2D eigenvalue weighted by molar-refractivity contribution is 0.303. The lowest BCUT2D eigenvalue weighted by Crippen LogP contribution is -2.06. The van der Waals surface area contributed by atoms with Gasteiger partial charge in [0, 0.05) is 0 Å². The van der Waals surface area contributed by atoms with E-state index in [1.807, 2.05) is 0 Å². The summed E-state index contributed by atoms with van der Waals surface area (Å²) in [7, 11) is -2.62. The zero-order chi connectivity index (χ0) is 19.2. The summed E-state index contributed by atoms with van der Waals surface area (Å²) in [5.74, 6) is 0. The van der Waals surface area contributed by atoms with Crippen molar-refractivity contribution in [2.24, 2.45) is 0 Å². The molecule has 0 saturated carbocycles. The maximum Gasteiger partial charge on any atom is 0.324 e. The molecule has 0 fully saturated rings. The van der Waals surface area contributed by atoms with Crippen LogP contribution in [-0.4, -0.2) is 61.2 Å². The van der Waals surface area contributed by atoms with Gasteiger partial charge in [-0.3, -0.25) is 0 Å². The van der Waals surface area contributed by atoms with Gasteiger partial charge >= 0.3 is 8.60 Å². The molecule has 0 heterocycles. The maximum atomic E-state index is 8.01. The lowest BCUT2D eigenvalue weighted by Gasteiger charge is -2.01. The van der Waals surface area contributed by atoms with Crippen molar-refractivity contribution in [1.82, 2.24) is 0 Å². The number of rotatable bonds is 0. The molecule has 0 aliphatic carbocycles. The molecule has 6 N–H and O–H groups in total. The molecule has 0 spiro atoms. The van der Waals surface area contributed by atoms with Crippen molar-refractivity contribution in [1.29, 1.82) is 0 Å². The highest BCUT2D eigenvalue weighted by Crippen LogP contribution is 2.24. The van der Waals surface area contributed by atoms with Crippen LogP contribution in [0.25, 0.3) is 0 Å². The average molecular weight is 530 g/mol. The van der Waals surface area contributed by atoms with Crippen LogP contribution in [0.4, 0.5) is 0 Å². The summed E-state index contributed by atoms with van der Waals surface area (Å²) in [5, 5.41) is 24.0. The highest BCUT2D eigenvalue weighted by Gasteiger charge is 2.17. The van der Waals surface area contributed by atoms with Gasteiger partial charge in [0.05, 0.1) is 19.8 Å². The van der Waals surface area contributed by atoms with E-state index in [0.29, 0.717) is 0 Å². The van der Waals surface area contributed by atoms with Crippen LogP contribution in [0.15, 0.2) is 0 Å². The Morgan fingerprint density at radius 1 is 0.500 bits per heavy atom. The van der Waals surface area contributed by atoms with Crippen molar-refractivity contribution in [3.63, 3.8) is 0 Å². The molecular formula is C6H12Cl9O6P. The Labute approximate surface area is 173 Å². The molecule has 0 aromatic rings. The molecule has 140 valence electrons. The monoisotopic (exact) mass is 526 g/mol. The van der Waals surface area contributed by atoms with Gasteiger partial charge < -0.3 is 30.0 Å². The summed E-state index contributed by atoms with van der Waals surface area (Å²) in [6.45, 7) is -1.30. The van der Waals surface area contributed by atoms with Crippen LogP contribution >= 0.6 is 113 Å². The van der Waals surface area contributed by atoms with Crippen LogP contribution in [0.2, 0.25) is 0 Å². The summed E-state index contributed by atoms with van der Waals surface area (Å²) in [5.41, 5.74) is 0. The van der Waals surface area contributed by atoms with Gasteiger partial charge in [-0.2, -0.15) is 0 Å². The first kappa shape index (κ1) is 32.5. The zero-order valence-corrected chi connectivity index (χ0v) is 17.9. The van der Waals surface area contributed by atoms with E-state index in [2.05, 4.69) is 0 Å². The predicted octanol–water partition coefficient (Wildman–Crippen LogP) is 3.24. The molecule has 0 aliphatic rings. The van der Waals surface area contributed by atoms with E-state index in [4.69, 9.17) is 134 Å². The van der Waals surface area contributed by atoms with E-state index in [-0.39, 0.29) is 0 Å². The molecule has 6 nitrogen and oxygen atoms in total. The summed E-state index contributed by atoms with van der Waals surface area (Å²) < 4.78 is -4.46. The van der Waals surface area contributed by atoms with E-state index in [1.54, 1.807) is 0 Å². The maximum absolute atomic E-state index is 8.01. The van der Waals surface area contributed by atoms with E-state index in [0.717, 1.165) is 0 Å². The second kappa shape index (κ2) is 17.2. The Morgan fingerprint density at radius 3 is 0.545 bits per heavy atom. The molecule has 16 heteroatoms. The molecule has 0 aromatic carbocycles. The third-order valence-electron chi connectivity index (χ3n) is 0.538. The van der Waals surface area contributed by atoms with Crippen molar-refractivity contribution >= 4 is 113 Å². The number of aliphatic hydroxyl groups excluding tert-OH is 3. The summed E-state index contributed by atoms with van der Waals surface area (Å²) in [4.78, 5) is 21.7. The molecule has 0 amide bonds. The third-order valence-corrected chi connectivity index (χ3v) is 1.61. The standard InChI is InChI=1S/3C2H3Cl3O.H3O3P/c3*3-2(4,5)1-6;1-4(2)3/h3*6H,1H2;1-3H. The molecule has 0 unspecified atom stereocenters. The molecule has 0 saturated heterocycles. The van der Waals surface area contributed by atoms with Gasteiger partial charge in [0.1, 0.15) is 0 Å². The molecule has 0 rings (SSSR count). The van der Waals surface area contributed by atoms with E-state index in [1.165, 1.54) is 0 Å². The Morgan fingerprint density at radius 2 is 0.545 bits per heavy atom. The van der Waals surface area contributed by atoms with Gasteiger partial charge in [-0.15, -0.1) is 0 Å². The van der Waals surface area contributed by atoms with Crippen LogP contribution in [0, 0.1) is 0 Å². The van der Waals surface area contributed by atoms with Gasteiger partial charge in [0.25, 0.3) is 0 Å². The van der Waals surface area contributed by atoms with Gasteiger partial charge in [0.2, 0.25) is 11.4 Å². The highest BCUT2D eigenvalue weighted by molar-refractivity contribution is 7.38. The van der Waals surface area contributed by atoms with Crippen molar-refractivity contribution in [2.45, 2.75) is 11.4 Å². The van der Waals surface area contributed by atoms with Crippen LogP contribution in [-0.2, 0) is 0 Å². The summed E-state index contributed by atoms with van der Waals surface area (Å²) >= 11 is 45.0. The smallest absolute Gasteiger partial charge is 0.324 e. The van der Waals surface area contributed by atoms with Gasteiger partial charge in [-0.1, -0.05) is 104 Å². The minimum atomic E-state index is -2.62. The fourth-order valence-electron chi connectivity index (χ4n) is 0. The van der Waals surface area contributed by atoms with E-state index >= 15 is 0 Å². The highest BCUT2D eigenvalue weighted by atomic mass is 35.6. The predicted molar refractivity (Wildman–Crippen MR) is 95.7 cm³/mol. The van der Waals surface area contributed by atoms with Gasteiger partial charge in [-0.25, -0.2) is 0 Å². The third kappa shape index (κ3) is 77.8. The van der Waals surface area contributed by atoms with Crippen molar-refractivity contribution in [3.8, 4) is 0 Å².